The number of carbonyl (C=O) groups excluding carboxylic acids is 1. The zero-order valence-corrected chi connectivity index (χ0v) is 49.0. The molecule has 0 aromatic rings. The Labute approximate surface area is 451 Å². The summed E-state index contributed by atoms with van der Waals surface area (Å²) in [6.45, 7) is 4.61. The molecule has 9 heteroatoms. The quantitative estimate of drug-likeness (QED) is 0.0272. The van der Waals surface area contributed by atoms with Crippen LogP contribution in [0, 0.1) is 0 Å². The molecule has 0 aromatic heterocycles. The first-order valence-electron chi connectivity index (χ1n) is 30.1. The van der Waals surface area contributed by atoms with Crippen molar-refractivity contribution in [2.45, 2.75) is 264 Å². The number of aliphatic hydroxyl groups is 1. The fourth-order valence-electron chi connectivity index (χ4n) is 8.41. The molecule has 3 unspecified atom stereocenters. The number of likely N-dealkylation sites (N-methyl/N-ethyl adjacent to an activating group) is 1. The zero-order chi connectivity index (χ0) is 53.5. The Morgan fingerprint density at radius 1 is 0.493 bits per heavy atom. The molecule has 0 saturated carbocycles. The standard InChI is InChI=1S/C64H115N2O6P/c1-6-8-10-12-14-16-18-20-22-23-24-25-26-27-28-29-30-31-32-33-34-35-36-37-38-39-40-41-42-43-44-46-48-50-52-54-56-58-64(68)65-62(61-72-73(69,70)71-60-59-66(3,4)5)63(67)57-55-53-51-49-47-45-21-19-17-15-13-11-9-7-2/h8,10,14,16,20,22,24-25,27-28,30-31,33-34,36-37,62-63,67H,6-7,9,11-13,15,17-19,21,23,26,29,32,35,38-61H2,1-5H3,(H-,65,68,69,70)/b10-8-,16-14-,22-20-,25-24-,28-27-,31-30-,34-33-,37-36-. The van der Waals surface area contributed by atoms with Crippen LogP contribution >= 0.6 is 7.82 Å². The van der Waals surface area contributed by atoms with Crippen molar-refractivity contribution in [3.63, 3.8) is 0 Å². The van der Waals surface area contributed by atoms with E-state index in [1.807, 2.05) is 21.1 Å². The van der Waals surface area contributed by atoms with Crippen molar-refractivity contribution in [3.8, 4) is 0 Å². The van der Waals surface area contributed by atoms with Crippen LogP contribution in [0.4, 0.5) is 0 Å². The average Bonchev–Trinajstić information content (AvgIpc) is 3.35. The molecule has 422 valence electrons. The summed E-state index contributed by atoms with van der Waals surface area (Å²) in [6.07, 6.45) is 77.3. The first kappa shape index (κ1) is 70.4. The topological polar surface area (TPSA) is 108 Å². The fraction of sp³-hybridized carbons (Fsp3) is 0.734. The van der Waals surface area contributed by atoms with Crippen molar-refractivity contribution in [1.29, 1.82) is 0 Å². The molecule has 0 aromatic carbocycles. The monoisotopic (exact) mass is 1040 g/mol. The summed E-state index contributed by atoms with van der Waals surface area (Å²) in [5.74, 6) is -0.170. The van der Waals surface area contributed by atoms with Crippen LogP contribution in [0.15, 0.2) is 97.2 Å². The molecule has 3 atom stereocenters. The van der Waals surface area contributed by atoms with Crippen LogP contribution in [0.1, 0.15) is 251 Å². The Morgan fingerprint density at radius 2 is 0.836 bits per heavy atom. The summed E-state index contributed by atoms with van der Waals surface area (Å²) in [7, 11) is 1.30. The normalized spacial score (nSPS) is 14.6. The summed E-state index contributed by atoms with van der Waals surface area (Å²) in [5.41, 5.74) is 0. The number of aliphatic hydroxyl groups excluding tert-OH is 1. The molecule has 73 heavy (non-hydrogen) atoms. The van der Waals surface area contributed by atoms with E-state index in [0.717, 1.165) is 89.9 Å². The van der Waals surface area contributed by atoms with E-state index in [4.69, 9.17) is 9.05 Å². The molecule has 0 aliphatic heterocycles. The van der Waals surface area contributed by atoms with Gasteiger partial charge in [0.2, 0.25) is 5.91 Å². The molecule has 0 heterocycles. The van der Waals surface area contributed by atoms with Crippen molar-refractivity contribution in [3.05, 3.63) is 97.2 Å². The summed E-state index contributed by atoms with van der Waals surface area (Å²) in [4.78, 5) is 25.5. The van der Waals surface area contributed by atoms with Gasteiger partial charge < -0.3 is 28.8 Å². The van der Waals surface area contributed by atoms with Gasteiger partial charge in [0.25, 0.3) is 7.82 Å². The lowest BCUT2D eigenvalue weighted by atomic mass is 10.0. The molecule has 8 nitrogen and oxygen atoms in total. The van der Waals surface area contributed by atoms with Crippen LogP contribution in [0.5, 0.6) is 0 Å². The third-order valence-electron chi connectivity index (χ3n) is 13.1. The van der Waals surface area contributed by atoms with Gasteiger partial charge in [0.15, 0.2) is 0 Å². The maximum Gasteiger partial charge on any atom is 0.268 e. The smallest absolute Gasteiger partial charge is 0.268 e. The average molecular weight is 1040 g/mol. The number of phosphoric acid groups is 1. The summed E-state index contributed by atoms with van der Waals surface area (Å²) in [6, 6.07) is -0.806. The third kappa shape index (κ3) is 57.0. The van der Waals surface area contributed by atoms with E-state index in [0.29, 0.717) is 23.9 Å². The first-order chi connectivity index (χ1) is 35.5. The highest BCUT2D eigenvalue weighted by molar-refractivity contribution is 7.45. The van der Waals surface area contributed by atoms with Crippen molar-refractivity contribution in [2.75, 3.05) is 40.9 Å². The molecule has 0 spiro atoms. The SMILES string of the molecule is CC/C=C\C/C=C\C/C=C\C/C=C\C/C=C\C/C=C\C/C=C\C/C=C\CCCCCCCCCCCCCCC(=O)NC(COP(=O)([O-])OCC[N+](C)(C)C)C(O)CCCCCCCCCCCCCCCC. The van der Waals surface area contributed by atoms with Crippen LogP contribution in [-0.2, 0) is 18.4 Å². The van der Waals surface area contributed by atoms with Crippen molar-refractivity contribution < 1.29 is 32.9 Å². The molecule has 0 fully saturated rings. The van der Waals surface area contributed by atoms with Crippen LogP contribution in [-0.4, -0.2) is 68.5 Å². The number of phosphoric ester groups is 1. The number of hydrogen-bond acceptors (Lipinski definition) is 6. The number of nitrogens with zero attached hydrogens (tertiary/aromatic N) is 1. The van der Waals surface area contributed by atoms with Gasteiger partial charge in [0, 0.05) is 6.42 Å². The molecule has 0 aliphatic rings. The van der Waals surface area contributed by atoms with E-state index < -0.39 is 20.0 Å². The molecule has 0 aliphatic carbocycles. The van der Waals surface area contributed by atoms with Gasteiger partial charge in [-0.3, -0.25) is 9.36 Å². The predicted octanol–water partition coefficient (Wildman–Crippen LogP) is 18.0. The van der Waals surface area contributed by atoms with Crippen LogP contribution in [0.2, 0.25) is 0 Å². The molecule has 1 amide bonds. The van der Waals surface area contributed by atoms with E-state index in [1.54, 1.807) is 0 Å². The Morgan fingerprint density at radius 3 is 1.22 bits per heavy atom. The highest BCUT2D eigenvalue weighted by Gasteiger charge is 2.24. The molecule has 0 rings (SSSR count). The summed E-state index contributed by atoms with van der Waals surface area (Å²) >= 11 is 0. The van der Waals surface area contributed by atoms with Gasteiger partial charge in [-0.1, -0.05) is 265 Å². The van der Waals surface area contributed by atoms with Gasteiger partial charge in [0.05, 0.1) is 39.9 Å². The second-order valence-corrected chi connectivity index (χ2v) is 22.7. The number of nitrogens with one attached hydrogen (secondary N) is 1. The maximum absolute atomic E-state index is 13.0. The lowest BCUT2D eigenvalue weighted by Gasteiger charge is -2.30. The maximum atomic E-state index is 13.0. The van der Waals surface area contributed by atoms with Crippen LogP contribution in [0.3, 0.4) is 0 Å². The van der Waals surface area contributed by atoms with Gasteiger partial charge in [-0.15, -0.1) is 0 Å². The van der Waals surface area contributed by atoms with Gasteiger partial charge in [0.1, 0.15) is 13.2 Å². The van der Waals surface area contributed by atoms with Gasteiger partial charge >= 0.3 is 0 Å². The molecule has 0 radical (unpaired) electrons. The summed E-state index contributed by atoms with van der Waals surface area (Å²) < 4.78 is 23.4. The number of hydrogen-bond donors (Lipinski definition) is 2. The molecule has 2 N–H and O–H groups in total. The summed E-state index contributed by atoms with van der Waals surface area (Å²) in [5, 5.41) is 14.0. The second-order valence-electron chi connectivity index (χ2n) is 21.3. The number of amides is 1. The Hall–Kier alpha value is -2.58. The van der Waals surface area contributed by atoms with E-state index in [2.05, 4.69) is 116 Å². The van der Waals surface area contributed by atoms with Crippen molar-refractivity contribution in [1.82, 2.24) is 5.32 Å². The van der Waals surface area contributed by atoms with E-state index >= 15 is 0 Å². The predicted molar refractivity (Wildman–Crippen MR) is 316 cm³/mol. The lowest BCUT2D eigenvalue weighted by Crippen LogP contribution is -2.46. The number of unbranched alkanes of at least 4 members (excludes halogenated alkanes) is 25. The van der Waals surface area contributed by atoms with Gasteiger partial charge in [-0.05, 0) is 77.0 Å². The molecule has 0 bridgehead atoms. The highest BCUT2D eigenvalue weighted by atomic mass is 31.2. The molecular weight excluding hydrogens is 924 g/mol. The van der Waals surface area contributed by atoms with Gasteiger partial charge in [-0.2, -0.15) is 0 Å². The minimum Gasteiger partial charge on any atom is -0.756 e. The van der Waals surface area contributed by atoms with Crippen LogP contribution in [0.25, 0.3) is 0 Å². The van der Waals surface area contributed by atoms with Crippen molar-refractivity contribution >= 4 is 13.7 Å². The largest absolute Gasteiger partial charge is 0.756 e. The van der Waals surface area contributed by atoms with E-state index in [-0.39, 0.29) is 19.1 Å². The Balaban J connectivity index is 4.05. The second kappa shape index (κ2) is 54.2. The highest BCUT2D eigenvalue weighted by Crippen LogP contribution is 2.38. The van der Waals surface area contributed by atoms with Crippen molar-refractivity contribution in [2.24, 2.45) is 0 Å². The number of allylic oxidation sites excluding steroid dienone is 16. The van der Waals surface area contributed by atoms with Crippen LogP contribution < -0.4 is 10.2 Å². The minimum atomic E-state index is -4.58. The Kier molecular flexibility index (Phi) is 52.3. The zero-order valence-electron chi connectivity index (χ0n) is 48.1. The lowest BCUT2D eigenvalue weighted by molar-refractivity contribution is -0.870. The van der Waals surface area contributed by atoms with E-state index in [1.165, 1.54) is 135 Å². The minimum absolute atomic E-state index is 0.00865. The third-order valence-corrected chi connectivity index (χ3v) is 14.1. The van der Waals surface area contributed by atoms with E-state index in [9.17, 15) is 19.4 Å². The molecule has 0 saturated heterocycles. The first-order valence-corrected chi connectivity index (χ1v) is 31.5. The number of quaternary nitrogens is 1. The Bertz CT molecular complexity index is 1510. The molecular formula is C64H115N2O6P. The van der Waals surface area contributed by atoms with Gasteiger partial charge in [-0.25, -0.2) is 0 Å². The number of rotatable bonds is 54. The number of carbonyl (C=O) groups is 1. The fourth-order valence-corrected chi connectivity index (χ4v) is 9.13.